The van der Waals surface area contributed by atoms with Crippen LogP contribution in [0.15, 0.2) is 0 Å². The minimum absolute atomic E-state index is 0.190. The van der Waals surface area contributed by atoms with Crippen molar-refractivity contribution in [2.45, 2.75) is 124 Å². The molecule has 0 radical (unpaired) electrons. The molecule has 1 amide bonds. The average molecular weight is 383 g/mol. The van der Waals surface area contributed by atoms with Crippen LogP contribution in [0.25, 0.3) is 0 Å². The SMILES string of the molecule is CCCCCCCCC(CCCCCCCC)(C(=O)NCCCN)C(C)C. The standard InChI is InChI=1S/C24H50N2O/c1-5-7-9-11-13-15-18-24(22(3)4,23(27)26-21-17-20-25)19-16-14-12-10-8-6-2/h22H,5-21,25H2,1-4H3,(H,26,27). The van der Waals surface area contributed by atoms with E-state index in [0.717, 1.165) is 25.8 Å². The molecule has 162 valence electrons. The number of nitrogens with two attached hydrogens (primary N) is 1. The van der Waals surface area contributed by atoms with Gasteiger partial charge in [0.25, 0.3) is 0 Å². The summed E-state index contributed by atoms with van der Waals surface area (Å²) in [5, 5.41) is 3.21. The number of rotatable bonds is 19. The summed E-state index contributed by atoms with van der Waals surface area (Å²) in [4.78, 5) is 13.2. The van der Waals surface area contributed by atoms with Gasteiger partial charge >= 0.3 is 0 Å². The summed E-state index contributed by atoms with van der Waals surface area (Å²) in [5.41, 5.74) is 5.42. The van der Waals surface area contributed by atoms with Gasteiger partial charge in [-0.3, -0.25) is 4.79 Å². The average Bonchev–Trinajstić information content (AvgIpc) is 2.65. The molecule has 0 fully saturated rings. The maximum Gasteiger partial charge on any atom is 0.226 e. The van der Waals surface area contributed by atoms with Crippen LogP contribution < -0.4 is 11.1 Å². The van der Waals surface area contributed by atoms with Crippen molar-refractivity contribution < 1.29 is 4.79 Å². The zero-order chi connectivity index (χ0) is 20.4. The molecule has 3 nitrogen and oxygen atoms in total. The third-order valence-electron chi connectivity index (χ3n) is 6.18. The van der Waals surface area contributed by atoms with E-state index in [0.29, 0.717) is 12.5 Å². The Kier molecular flexibility index (Phi) is 17.2. The molecule has 0 rings (SSSR count). The summed E-state index contributed by atoms with van der Waals surface area (Å²) in [6.45, 7) is 10.4. The van der Waals surface area contributed by atoms with Gasteiger partial charge in [-0.2, -0.15) is 0 Å². The molecule has 0 atom stereocenters. The minimum Gasteiger partial charge on any atom is -0.356 e. The van der Waals surface area contributed by atoms with Crippen LogP contribution in [0.2, 0.25) is 0 Å². The Morgan fingerprint density at radius 2 is 1.22 bits per heavy atom. The van der Waals surface area contributed by atoms with Gasteiger partial charge in [-0.15, -0.1) is 0 Å². The van der Waals surface area contributed by atoms with E-state index >= 15 is 0 Å². The highest BCUT2D eigenvalue weighted by molar-refractivity contribution is 5.82. The second kappa shape index (κ2) is 17.5. The number of carbonyl (C=O) groups excluding carboxylic acids is 1. The van der Waals surface area contributed by atoms with E-state index in [4.69, 9.17) is 5.73 Å². The highest BCUT2D eigenvalue weighted by Gasteiger charge is 2.39. The molecule has 0 saturated carbocycles. The predicted molar refractivity (Wildman–Crippen MR) is 120 cm³/mol. The quantitative estimate of drug-likeness (QED) is 0.247. The van der Waals surface area contributed by atoms with Crippen molar-refractivity contribution in [3.05, 3.63) is 0 Å². The van der Waals surface area contributed by atoms with Gasteiger partial charge in [-0.25, -0.2) is 0 Å². The molecule has 3 heteroatoms. The number of amides is 1. The molecule has 0 aliphatic carbocycles. The van der Waals surface area contributed by atoms with E-state index in [1.54, 1.807) is 0 Å². The van der Waals surface area contributed by atoms with E-state index < -0.39 is 0 Å². The second-order valence-electron chi connectivity index (χ2n) is 8.74. The molecule has 0 aromatic carbocycles. The fourth-order valence-corrected chi connectivity index (χ4v) is 4.11. The zero-order valence-electron chi connectivity index (χ0n) is 19.1. The van der Waals surface area contributed by atoms with Crippen LogP contribution in [-0.4, -0.2) is 19.0 Å². The topological polar surface area (TPSA) is 55.1 Å². The monoisotopic (exact) mass is 382 g/mol. The van der Waals surface area contributed by atoms with E-state index in [1.165, 1.54) is 77.0 Å². The van der Waals surface area contributed by atoms with Gasteiger partial charge in [0.2, 0.25) is 5.91 Å². The molecule has 0 aromatic rings. The first-order valence-corrected chi connectivity index (χ1v) is 12.0. The normalized spacial score (nSPS) is 11.9. The first-order chi connectivity index (χ1) is 13.0. The number of hydrogen-bond acceptors (Lipinski definition) is 2. The van der Waals surface area contributed by atoms with Crippen LogP contribution in [-0.2, 0) is 4.79 Å². The van der Waals surface area contributed by atoms with Gasteiger partial charge in [0.1, 0.15) is 0 Å². The van der Waals surface area contributed by atoms with Gasteiger partial charge < -0.3 is 11.1 Å². The lowest BCUT2D eigenvalue weighted by Crippen LogP contribution is -2.45. The van der Waals surface area contributed by atoms with Crippen LogP contribution >= 0.6 is 0 Å². The molecule has 0 heterocycles. The summed E-state index contributed by atoms with van der Waals surface area (Å²) < 4.78 is 0. The summed E-state index contributed by atoms with van der Waals surface area (Å²) in [6.07, 6.45) is 18.4. The van der Waals surface area contributed by atoms with Crippen molar-refractivity contribution in [1.29, 1.82) is 0 Å². The summed E-state index contributed by atoms with van der Waals surface area (Å²) in [5.74, 6) is 0.676. The molecule has 27 heavy (non-hydrogen) atoms. The molecular formula is C24H50N2O. The number of hydrogen-bond donors (Lipinski definition) is 2. The van der Waals surface area contributed by atoms with Crippen molar-refractivity contribution >= 4 is 5.91 Å². The molecule has 0 aliphatic heterocycles. The Morgan fingerprint density at radius 3 is 1.63 bits per heavy atom. The Balaban J connectivity index is 4.70. The van der Waals surface area contributed by atoms with Crippen LogP contribution in [0, 0.1) is 11.3 Å². The molecule has 3 N–H and O–H groups in total. The summed E-state index contributed by atoms with van der Waals surface area (Å²) in [6, 6.07) is 0. The van der Waals surface area contributed by atoms with Gasteiger partial charge in [-0.1, -0.05) is 105 Å². The minimum atomic E-state index is -0.190. The molecule has 0 saturated heterocycles. The van der Waals surface area contributed by atoms with E-state index in [2.05, 4.69) is 33.0 Å². The lowest BCUT2D eigenvalue weighted by Gasteiger charge is -2.37. The molecule has 0 aliphatic rings. The van der Waals surface area contributed by atoms with Crippen LogP contribution in [0.4, 0.5) is 0 Å². The Morgan fingerprint density at radius 1 is 0.778 bits per heavy atom. The summed E-state index contributed by atoms with van der Waals surface area (Å²) >= 11 is 0. The van der Waals surface area contributed by atoms with Crippen molar-refractivity contribution in [2.75, 3.05) is 13.1 Å². The van der Waals surface area contributed by atoms with Crippen molar-refractivity contribution in [1.82, 2.24) is 5.32 Å². The fourth-order valence-electron chi connectivity index (χ4n) is 4.11. The van der Waals surface area contributed by atoms with Crippen LogP contribution in [0.5, 0.6) is 0 Å². The Hall–Kier alpha value is -0.570. The van der Waals surface area contributed by atoms with Gasteiger partial charge in [0.05, 0.1) is 5.41 Å². The first-order valence-electron chi connectivity index (χ1n) is 12.0. The maximum atomic E-state index is 13.2. The molecule has 0 unspecified atom stereocenters. The lowest BCUT2D eigenvalue weighted by molar-refractivity contribution is -0.135. The van der Waals surface area contributed by atoms with Crippen molar-refractivity contribution in [3.63, 3.8) is 0 Å². The highest BCUT2D eigenvalue weighted by atomic mass is 16.2. The molecule has 0 spiro atoms. The fraction of sp³-hybridized carbons (Fsp3) is 0.958. The summed E-state index contributed by atoms with van der Waals surface area (Å²) in [7, 11) is 0. The number of unbranched alkanes of at least 4 members (excludes halogenated alkanes) is 10. The zero-order valence-corrected chi connectivity index (χ0v) is 19.1. The third-order valence-corrected chi connectivity index (χ3v) is 6.18. The van der Waals surface area contributed by atoms with Gasteiger partial charge in [-0.05, 0) is 31.7 Å². The predicted octanol–water partition coefficient (Wildman–Crippen LogP) is 6.60. The Labute approximate surface area is 170 Å². The highest BCUT2D eigenvalue weighted by Crippen LogP contribution is 2.39. The van der Waals surface area contributed by atoms with E-state index in [-0.39, 0.29) is 11.3 Å². The molecule has 0 aromatic heterocycles. The molecular weight excluding hydrogens is 332 g/mol. The Bertz CT molecular complexity index is 325. The van der Waals surface area contributed by atoms with Crippen molar-refractivity contribution in [3.8, 4) is 0 Å². The van der Waals surface area contributed by atoms with Gasteiger partial charge in [0.15, 0.2) is 0 Å². The third kappa shape index (κ3) is 11.8. The van der Waals surface area contributed by atoms with Gasteiger partial charge in [0, 0.05) is 6.54 Å². The smallest absolute Gasteiger partial charge is 0.226 e. The number of nitrogens with one attached hydrogen (secondary N) is 1. The second-order valence-corrected chi connectivity index (χ2v) is 8.74. The van der Waals surface area contributed by atoms with E-state index in [1.807, 2.05) is 0 Å². The van der Waals surface area contributed by atoms with Crippen LogP contribution in [0.3, 0.4) is 0 Å². The van der Waals surface area contributed by atoms with E-state index in [9.17, 15) is 4.79 Å². The maximum absolute atomic E-state index is 13.2. The largest absolute Gasteiger partial charge is 0.356 e. The molecule has 0 bridgehead atoms. The first kappa shape index (κ1) is 26.4. The van der Waals surface area contributed by atoms with Crippen molar-refractivity contribution in [2.24, 2.45) is 17.1 Å². The number of carbonyl (C=O) groups is 1. The lowest BCUT2D eigenvalue weighted by atomic mass is 9.69. The van der Waals surface area contributed by atoms with Crippen LogP contribution in [0.1, 0.15) is 124 Å².